The third-order valence-corrected chi connectivity index (χ3v) is 4.58. The largest absolute Gasteiger partial charge is 0.480 e. The highest BCUT2D eigenvalue weighted by Gasteiger charge is 2.40. The van der Waals surface area contributed by atoms with Crippen molar-refractivity contribution in [1.82, 2.24) is 0 Å². The first-order valence-corrected chi connectivity index (χ1v) is 7.75. The summed E-state index contributed by atoms with van der Waals surface area (Å²) >= 11 is 0. The van der Waals surface area contributed by atoms with Crippen LogP contribution in [0, 0.1) is 5.92 Å². The fraction of sp³-hybridized carbons (Fsp3) is 0.211. The van der Waals surface area contributed by atoms with Crippen LogP contribution in [0.1, 0.15) is 17.9 Å². The molecule has 116 valence electrons. The number of carbonyl (C=O) groups is 1. The Kier molecular flexibility index (Phi) is 3.30. The highest BCUT2D eigenvalue weighted by molar-refractivity contribution is 5.80. The molecule has 2 N–H and O–H groups in total. The second kappa shape index (κ2) is 5.47. The molecule has 0 amide bonds. The lowest BCUT2D eigenvalue weighted by Gasteiger charge is -2.34. The van der Waals surface area contributed by atoms with Gasteiger partial charge in [-0.2, -0.15) is 0 Å². The summed E-state index contributed by atoms with van der Waals surface area (Å²) in [5.41, 5.74) is 1.99. The van der Waals surface area contributed by atoms with E-state index < -0.39 is 12.0 Å². The van der Waals surface area contributed by atoms with Crippen LogP contribution in [0.15, 0.2) is 60.7 Å². The van der Waals surface area contributed by atoms with Crippen molar-refractivity contribution in [2.75, 3.05) is 5.32 Å². The number of hydrogen-bond donors (Lipinski definition) is 2. The second-order valence-electron chi connectivity index (χ2n) is 5.98. The fourth-order valence-corrected chi connectivity index (χ4v) is 3.50. The van der Waals surface area contributed by atoms with Crippen LogP contribution in [0.5, 0.6) is 11.5 Å². The highest BCUT2D eigenvalue weighted by Crippen LogP contribution is 2.45. The van der Waals surface area contributed by atoms with Crippen molar-refractivity contribution in [2.45, 2.75) is 18.4 Å². The van der Waals surface area contributed by atoms with Gasteiger partial charge in [0.1, 0.15) is 17.5 Å². The van der Waals surface area contributed by atoms with Crippen LogP contribution in [0.4, 0.5) is 5.69 Å². The van der Waals surface area contributed by atoms with E-state index in [0.29, 0.717) is 0 Å². The van der Waals surface area contributed by atoms with E-state index in [1.807, 2.05) is 48.5 Å². The molecule has 23 heavy (non-hydrogen) atoms. The lowest BCUT2D eigenvalue weighted by Crippen LogP contribution is -2.41. The summed E-state index contributed by atoms with van der Waals surface area (Å²) < 4.78 is 5.90. The quantitative estimate of drug-likeness (QED) is 0.841. The average molecular weight is 307 g/mol. The third kappa shape index (κ3) is 2.46. The van der Waals surface area contributed by atoms with E-state index in [0.717, 1.165) is 29.2 Å². The fourth-order valence-electron chi connectivity index (χ4n) is 3.50. The Balaban J connectivity index is 1.68. The number of fused-ring (bicyclic) bond motifs is 3. The molecule has 3 atom stereocenters. The van der Waals surface area contributed by atoms with Crippen molar-refractivity contribution in [2.24, 2.45) is 5.92 Å². The highest BCUT2D eigenvalue weighted by atomic mass is 16.5. The number of aliphatic carboxylic acids is 1. The monoisotopic (exact) mass is 307 g/mol. The SMILES string of the molecule is O=C(O)[C@@H]1Nc2ccc(Oc3ccccc3)cc2[C@@H]2C=CC[C@@H]12. The Hall–Kier alpha value is -2.75. The predicted molar refractivity (Wildman–Crippen MR) is 88.0 cm³/mol. The van der Waals surface area contributed by atoms with Gasteiger partial charge in [0.25, 0.3) is 0 Å². The number of rotatable bonds is 3. The first kappa shape index (κ1) is 13.9. The smallest absolute Gasteiger partial charge is 0.326 e. The molecule has 0 aromatic heterocycles. The van der Waals surface area contributed by atoms with Gasteiger partial charge in [0.05, 0.1) is 0 Å². The Bertz CT molecular complexity index is 769. The van der Waals surface area contributed by atoms with E-state index >= 15 is 0 Å². The summed E-state index contributed by atoms with van der Waals surface area (Å²) in [7, 11) is 0. The van der Waals surface area contributed by atoms with Crippen LogP contribution in [0.25, 0.3) is 0 Å². The molecule has 2 aliphatic rings. The maximum Gasteiger partial charge on any atom is 0.326 e. The summed E-state index contributed by atoms with van der Waals surface area (Å²) in [5, 5.41) is 12.6. The van der Waals surface area contributed by atoms with Crippen LogP contribution in [0.3, 0.4) is 0 Å². The average Bonchev–Trinajstić information content (AvgIpc) is 3.05. The molecule has 1 heterocycles. The Labute approximate surface area is 134 Å². The number of allylic oxidation sites excluding steroid dienone is 2. The second-order valence-corrected chi connectivity index (χ2v) is 5.98. The van der Waals surface area contributed by atoms with E-state index in [-0.39, 0.29) is 11.8 Å². The Morgan fingerprint density at radius 2 is 1.96 bits per heavy atom. The van der Waals surface area contributed by atoms with Gasteiger partial charge in [-0.05, 0) is 42.3 Å². The number of hydrogen-bond acceptors (Lipinski definition) is 3. The third-order valence-electron chi connectivity index (χ3n) is 4.58. The number of para-hydroxylation sites is 1. The first-order chi connectivity index (χ1) is 11.2. The summed E-state index contributed by atoms with van der Waals surface area (Å²) in [5.74, 6) is 0.959. The van der Waals surface area contributed by atoms with Gasteiger partial charge in [-0.3, -0.25) is 0 Å². The number of nitrogens with one attached hydrogen (secondary N) is 1. The van der Waals surface area contributed by atoms with Gasteiger partial charge < -0.3 is 15.2 Å². The lowest BCUT2D eigenvalue weighted by atomic mass is 9.79. The van der Waals surface area contributed by atoms with Gasteiger partial charge in [-0.1, -0.05) is 30.4 Å². The van der Waals surface area contributed by atoms with Gasteiger partial charge in [-0.15, -0.1) is 0 Å². The minimum atomic E-state index is -0.793. The van der Waals surface area contributed by atoms with Crippen LogP contribution in [0.2, 0.25) is 0 Å². The van der Waals surface area contributed by atoms with Crippen LogP contribution in [-0.4, -0.2) is 17.1 Å². The molecule has 0 radical (unpaired) electrons. The van der Waals surface area contributed by atoms with Gasteiger partial charge >= 0.3 is 5.97 Å². The zero-order valence-corrected chi connectivity index (χ0v) is 12.5. The zero-order chi connectivity index (χ0) is 15.8. The number of ether oxygens (including phenoxy) is 1. The van der Waals surface area contributed by atoms with Crippen molar-refractivity contribution in [3.05, 3.63) is 66.2 Å². The molecule has 4 nitrogen and oxygen atoms in total. The summed E-state index contributed by atoms with van der Waals surface area (Å²) in [6, 6.07) is 14.9. The van der Waals surface area contributed by atoms with Crippen molar-refractivity contribution in [3.63, 3.8) is 0 Å². The Morgan fingerprint density at radius 3 is 2.74 bits per heavy atom. The van der Waals surface area contributed by atoms with Crippen molar-refractivity contribution in [3.8, 4) is 11.5 Å². The standard InChI is InChI=1S/C19H17NO3/c21-19(22)18-15-8-4-7-14(15)16-11-13(9-10-17(16)20-18)23-12-5-2-1-3-6-12/h1-7,9-11,14-15,18,20H,8H2,(H,21,22)/t14-,15-,18-/m1/s1. The summed E-state index contributed by atoms with van der Waals surface area (Å²) in [4.78, 5) is 11.5. The number of anilines is 1. The molecular weight excluding hydrogens is 290 g/mol. The topological polar surface area (TPSA) is 58.6 Å². The minimum absolute atomic E-state index is 0.0620. The van der Waals surface area contributed by atoms with Gasteiger partial charge in [0.2, 0.25) is 0 Å². The Morgan fingerprint density at radius 1 is 1.13 bits per heavy atom. The number of carboxylic acids is 1. The molecular formula is C19H17NO3. The lowest BCUT2D eigenvalue weighted by molar-refractivity contribution is -0.139. The van der Waals surface area contributed by atoms with E-state index in [2.05, 4.69) is 17.5 Å². The van der Waals surface area contributed by atoms with Gasteiger partial charge in [0, 0.05) is 17.5 Å². The van der Waals surface area contributed by atoms with E-state index in [1.165, 1.54) is 0 Å². The zero-order valence-electron chi connectivity index (χ0n) is 12.5. The van der Waals surface area contributed by atoms with Crippen LogP contribution >= 0.6 is 0 Å². The molecule has 0 saturated carbocycles. The van der Waals surface area contributed by atoms with Crippen LogP contribution < -0.4 is 10.1 Å². The molecule has 1 aliphatic carbocycles. The first-order valence-electron chi connectivity index (χ1n) is 7.75. The summed E-state index contributed by atoms with van der Waals surface area (Å²) in [6.07, 6.45) is 4.98. The van der Waals surface area contributed by atoms with E-state index in [9.17, 15) is 9.90 Å². The van der Waals surface area contributed by atoms with Crippen LogP contribution in [-0.2, 0) is 4.79 Å². The van der Waals surface area contributed by atoms with Gasteiger partial charge in [-0.25, -0.2) is 4.79 Å². The normalized spacial score (nSPS) is 24.4. The molecule has 4 heteroatoms. The minimum Gasteiger partial charge on any atom is -0.480 e. The van der Waals surface area contributed by atoms with Crippen molar-refractivity contribution >= 4 is 11.7 Å². The maximum atomic E-state index is 11.5. The molecule has 0 bridgehead atoms. The molecule has 4 rings (SSSR count). The molecule has 0 saturated heterocycles. The molecule has 0 unspecified atom stereocenters. The molecule has 0 fully saturated rings. The van der Waals surface area contributed by atoms with E-state index in [4.69, 9.17) is 4.74 Å². The molecule has 2 aromatic carbocycles. The molecule has 1 aliphatic heterocycles. The molecule has 0 spiro atoms. The predicted octanol–water partition coefficient (Wildman–Crippen LogP) is 4.02. The van der Waals surface area contributed by atoms with E-state index in [1.54, 1.807) is 0 Å². The summed E-state index contributed by atoms with van der Waals surface area (Å²) in [6.45, 7) is 0. The van der Waals surface area contributed by atoms with Gasteiger partial charge in [0.15, 0.2) is 0 Å². The molecule has 2 aromatic rings. The van der Waals surface area contributed by atoms with Crippen molar-refractivity contribution < 1.29 is 14.6 Å². The number of carboxylic acid groups (broad SMARTS) is 1. The maximum absolute atomic E-state index is 11.5. The number of benzene rings is 2. The van der Waals surface area contributed by atoms with Crippen molar-refractivity contribution in [1.29, 1.82) is 0 Å².